The second kappa shape index (κ2) is 13.0. The van der Waals surface area contributed by atoms with Gasteiger partial charge in [-0.05, 0) is 45.2 Å². The molecule has 0 aliphatic heterocycles. The number of ether oxygens (including phenoxy) is 1. The summed E-state index contributed by atoms with van der Waals surface area (Å²) < 4.78 is 5.36. The Morgan fingerprint density at radius 3 is 2.27 bits per heavy atom. The van der Waals surface area contributed by atoms with E-state index in [0.717, 1.165) is 36.1 Å². The third-order valence-corrected chi connectivity index (χ3v) is 5.62. The molecule has 0 heterocycles. The lowest BCUT2D eigenvalue weighted by Crippen LogP contribution is -2.45. The smallest absolute Gasteiger partial charge is 0.408 e. The fourth-order valence-electron chi connectivity index (χ4n) is 3.24. The number of thioether (sulfide) groups is 1. The monoisotopic (exact) mass is 470 g/mol. The first kappa shape index (κ1) is 26.5. The van der Waals surface area contributed by atoms with Crippen molar-refractivity contribution in [2.75, 3.05) is 11.1 Å². The van der Waals surface area contributed by atoms with Crippen molar-refractivity contribution in [1.82, 2.24) is 5.32 Å². The summed E-state index contributed by atoms with van der Waals surface area (Å²) >= 11 is 1.31. The normalized spacial score (nSPS) is 12.0. The number of amides is 2. The van der Waals surface area contributed by atoms with E-state index in [0.29, 0.717) is 12.1 Å². The van der Waals surface area contributed by atoms with Crippen LogP contribution in [0, 0.1) is 0 Å². The summed E-state index contributed by atoms with van der Waals surface area (Å²) in [6.45, 7) is 6.91. The highest BCUT2D eigenvalue weighted by molar-refractivity contribution is 8.13. The third-order valence-electron chi connectivity index (χ3n) is 4.72. The van der Waals surface area contributed by atoms with Gasteiger partial charge in [0, 0.05) is 23.9 Å². The third kappa shape index (κ3) is 10.1. The quantitative estimate of drug-likeness (QED) is 0.415. The van der Waals surface area contributed by atoms with Crippen molar-refractivity contribution < 1.29 is 19.1 Å². The van der Waals surface area contributed by atoms with E-state index in [4.69, 9.17) is 4.74 Å². The van der Waals surface area contributed by atoms with E-state index < -0.39 is 17.7 Å². The van der Waals surface area contributed by atoms with Crippen molar-refractivity contribution in [3.8, 4) is 11.1 Å². The molecule has 0 saturated carbocycles. The van der Waals surface area contributed by atoms with Gasteiger partial charge in [-0.3, -0.25) is 9.59 Å². The number of anilines is 1. The van der Waals surface area contributed by atoms with Crippen LogP contribution in [0.3, 0.4) is 0 Å². The van der Waals surface area contributed by atoms with Gasteiger partial charge in [-0.15, -0.1) is 0 Å². The maximum atomic E-state index is 13.2. The lowest BCUT2D eigenvalue weighted by Gasteiger charge is -2.23. The van der Waals surface area contributed by atoms with E-state index in [2.05, 4.69) is 10.6 Å². The minimum Gasteiger partial charge on any atom is -0.444 e. The Bertz CT molecular complexity index is 925. The number of alkyl carbamates (subject to hydrolysis) is 1. The SMILES string of the molecule is CC(=O)SCCCCC[C@H](NC(=O)OC(C)(C)C)C(=O)Nc1ccccc1-c1ccccc1. The van der Waals surface area contributed by atoms with Gasteiger partial charge in [-0.25, -0.2) is 4.79 Å². The van der Waals surface area contributed by atoms with Crippen LogP contribution in [0.4, 0.5) is 10.5 Å². The standard InChI is InChI=1S/C26H34N2O4S/c1-19(29)33-18-12-6-9-17-23(28-25(31)32-26(2,3)4)24(30)27-22-16-11-10-15-21(22)20-13-7-5-8-14-20/h5,7-8,10-11,13-16,23H,6,9,12,17-18H2,1-4H3,(H,27,30)(H,28,31)/t23-/m0/s1. The first-order chi connectivity index (χ1) is 15.7. The maximum absolute atomic E-state index is 13.2. The molecule has 178 valence electrons. The summed E-state index contributed by atoms with van der Waals surface area (Å²) in [7, 11) is 0. The predicted molar refractivity (Wildman–Crippen MR) is 135 cm³/mol. The lowest BCUT2D eigenvalue weighted by atomic mass is 10.0. The molecule has 1 atom stereocenters. The van der Waals surface area contributed by atoms with Gasteiger partial charge in [0.15, 0.2) is 5.12 Å². The Morgan fingerprint density at radius 2 is 1.61 bits per heavy atom. The molecule has 2 aromatic carbocycles. The van der Waals surface area contributed by atoms with Crippen molar-refractivity contribution in [2.24, 2.45) is 0 Å². The van der Waals surface area contributed by atoms with Crippen LogP contribution >= 0.6 is 11.8 Å². The van der Waals surface area contributed by atoms with E-state index in [9.17, 15) is 14.4 Å². The highest BCUT2D eigenvalue weighted by Gasteiger charge is 2.24. The number of carbonyl (C=O) groups excluding carboxylic acids is 3. The number of rotatable bonds is 10. The number of para-hydroxylation sites is 1. The van der Waals surface area contributed by atoms with Crippen molar-refractivity contribution in [3.05, 3.63) is 54.6 Å². The summed E-state index contributed by atoms with van der Waals surface area (Å²) in [5.41, 5.74) is 1.92. The zero-order valence-electron chi connectivity index (χ0n) is 19.9. The van der Waals surface area contributed by atoms with Gasteiger partial charge in [-0.1, -0.05) is 73.1 Å². The van der Waals surface area contributed by atoms with Crippen LogP contribution in [0.5, 0.6) is 0 Å². The van der Waals surface area contributed by atoms with Crippen LogP contribution in [0.25, 0.3) is 11.1 Å². The average Bonchev–Trinajstić information content (AvgIpc) is 2.74. The second-order valence-corrected chi connectivity index (χ2v) is 10.1. The van der Waals surface area contributed by atoms with E-state index in [1.54, 1.807) is 27.7 Å². The Balaban J connectivity index is 2.08. The molecule has 0 radical (unpaired) electrons. The molecule has 2 aromatic rings. The van der Waals surface area contributed by atoms with E-state index in [1.807, 2.05) is 54.6 Å². The van der Waals surface area contributed by atoms with Crippen molar-refractivity contribution >= 4 is 34.6 Å². The Kier molecular flexibility index (Phi) is 10.5. The Morgan fingerprint density at radius 1 is 0.939 bits per heavy atom. The molecular formula is C26H34N2O4S. The molecule has 0 spiro atoms. The topological polar surface area (TPSA) is 84.5 Å². The summed E-state index contributed by atoms with van der Waals surface area (Å²) in [5, 5.41) is 5.82. The highest BCUT2D eigenvalue weighted by atomic mass is 32.2. The molecule has 0 saturated heterocycles. The number of carbonyl (C=O) groups is 3. The fraction of sp³-hybridized carbons (Fsp3) is 0.423. The van der Waals surface area contributed by atoms with Crippen molar-refractivity contribution in [1.29, 1.82) is 0 Å². The van der Waals surface area contributed by atoms with Gasteiger partial charge in [0.05, 0.1) is 0 Å². The fourth-order valence-corrected chi connectivity index (χ4v) is 3.88. The number of hydrogen-bond acceptors (Lipinski definition) is 5. The first-order valence-corrected chi connectivity index (χ1v) is 12.2. The molecule has 2 amide bonds. The van der Waals surface area contributed by atoms with Gasteiger partial charge >= 0.3 is 6.09 Å². The van der Waals surface area contributed by atoms with Crippen LogP contribution in [0.2, 0.25) is 0 Å². The summed E-state index contributed by atoms with van der Waals surface area (Å²) in [4.78, 5) is 36.6. The molecule has 2 rings (SSSR count). The molecule has 7 heteroatoms. The minimum absolute atomic E-state index is 0.107. The molecule has 6 nitrogen and oxygen atoms in total. The maximum Gasteiger partial charge on any atom is 0.408 e. The molecule has 33 heavy (non-hydrogen) atoms. The zero-order chi connectivity index (χ0) is 24.3. The van der Waals surface area contributed by atoms with Crippen molar-refractivity contribution in [2.45, 2.75) is 65.0 Å². The van der Waals surface area contributed by atoms with Gasteiger partial charge in [0.1, 0.15) is 11.6 Å². The first-order valence-electron chi connectivity index (χ1n) is 11.2. The van der Waals surface area contributed by atoms with Gasteiger partial charge in [-0.2, -0.15) is 0 Å². The molecular weight excluding hydrogens is 436 g/mol. The molecule has 2 N–H and O–H groups in total. The number of hydrogen-bond donors (Lipinski definition) is 2. The number of benzene rings is 2. The second-order valence-electron chi connectivity index (χ2n) is 8.79. The molecule has 0 aliphatic rings. The Hall–Kier alpha value is -2.80. The van der Waals surface area contributed by atoms with Gasteiger partial charge in [0.2, 0.25) is 5.91 Å². The van der Waals surface area contributed by atoms with Crippen LogP contribution in [0.1, 0.15) is 53.4 Å². The Labute approximate surface area is 200 Å². The number of nitrogens with one attached hydrogen (secondary N) is 2. The van der Waals surface area contributed by atoms with E-state index in [-0.39, 0.29) is 11.0 Å². The molecule has 0 aromatic heterocycles. The molecule has 0 unspecified atom stereocenters. The lowest BCUT2D eigenvalue weighted by molar-refractivity contribution is -0.118. The van der Waals surface area contributed by atoms with E-state index in [1.165, 1.54) is 11.8 Å². The molecule has 0 bridgehead atoms. The highest BCUT2D eigenvalue weighted by Crippen LogP contribution is 2.27. The van der Waals surface area contributed by atoms with E-state index >= 15 is 0 Å². The predicted octanol–water partition coefficient (Wildman–Crippen LogP) is 6.03. The van der Waals surface area contributed by atoms with Crippen molar-refractivity contribution in [3.63, 3.8) is 0 Å². The summed E-state index contributed by atoms with van der Waals surface area (Å²) in [5.74, 6) is 0.471. The molecule has 0 fully saturated rings. The largest absolute Gasteiger partial charge is 0.444 e. The van der Waals surface area contributed by atoms with Crippen LogP contribution in [-0.2, 0) is 14.3 Å². The minimum atomic E-state index is -0.732. The van der Waals surface area contributed by atoms with Gasteiger partial charge < -0.3 is 15.4 Å². The number of unbranched alkanes of at least 4 members (excludes halogenated alkanes) is 2. The molecule has 0 aliphatic carbocycles. The van der Waals surface area contributed by atoms with Crippen LogP contribution < -0.4 is 10.6 Å². The average molecular weight is 471 g/mol. The summed E-state index contributed by atoms with van der Waals surface area (Å²) in [6, 6.07) is 16.7. The van der Waals surface area contributed by atoms with Crippen LogP contribution in [-0.4, -0.2) is 34.5 Å². The zero-order valence-corrected chi connectivity index (χ0v) is 20.7. The summed E-state index contributed by atoms with van der Waals surface area (Å²) in [6.07, 6.45) is 2.34. The van der Waals surface area contributed by atoms with Crippen LogP contribution in [0.15, 0.2) is 54.6 Å². The van der Waals surface area contributed by atoms with Gasteiger partial charge in [0.25, 0.3) is 0 Å².